The number of carbonyl (C=O) groups excluding carboxylic acids is 2. The van der Waals surface area contributed by atoms with Crippen LogP contribution in [0, 0.1) is 0 Å². The quantitative estimate of drug-likeness (QED) is 0.242. The molecule has 11 heteroatoms. The normalized spacial score (nSPS) is 14.8. The highest BCUT2D eigenvalue weighted by Crippen LogP contribution is 2.30. The molecule has 0 radical (unpaired) electrons. The third-order valence-electron chi connectivity index (χ3n) is 5.59. The molecule has 1 aliphatic rings. The summed E-state index contributed by atoms with van der Waals surface area (Å²) in [6.45, 7) is 4.00. The van der Waals surface area contributed by atoms with Gasteiger partial charge in [-0.1, -0.05) is 24.9 Å². The molecule has 2 aromatic carbocycles. The average molecular weight is 542 g/mol. The molecule has 4 rings (SSSR count). The molecule has 1 aliphatic heterocycles. The lowest BCUT2D eigenvalue weighted by atomic mass is 10.1. The molecule has 9 nitrogen and oxygen atoms in total. The smallest absolute Gasteiger partial charge is 0.339 e. The molecule has 0 spiro atoms. The minimum absolute atomic E-state index is 0.0675. The molecule has 3 aromatic rings. The average Bonchev–Trinajstić information content (AvgIpc) is 3.44. The van der Waals surface area contributed by atoms with Gasteiger partial charge in [0.25, 0.3) is 5.91 Å². The zero-order valence-electron chi connectivity index (χ0n) is 20.1. The first-order valence-corrected chi connectivity index (χ1v) is 13.3. The van der Waals surface area contributed by atoms with E-state index < -0.39 is 21.9 Å². The van der Waals surface area contributed by atoms with Crippen LogP contribution in [-0.2, 0) is 19.6 Å². The third-order valence-corrected chi connectivity index (χ3v) is 6.85. The summed E-state index contributed by atoms with van der Waals surface area (Å²) in [5.41, 5.74) is 2.02. The molecule has 1 amide bonds. The summed E-state index contributed by atoms with van der Waals surface area (Å²) in [4.78, 5) is 25.4. The van der Waals surface area contributed by atoms with E-state index in [1.807, 2.05) is 6.92 Å². The largest absolute Gasteiger partial charge is 0.462 e. The number of benzene rings is 2. The molecule has 192 valence electrons. The number of nitrogens with zero attached hydrogens (tertiary/aromatic N) is 2. The first-order valence-electron chi connectivity index (χ1n) is 11.4. The number of esters is 1. The van der Waals surface area contributed by atoms with Gasteiger partial charge in [-0.05, 0) is 74.0 Å². The third kappa shape index (κ3) is 5.82. The van der Waals surface area contributed by atoms with Crippen LogP contribution in [0.5, 0.6) is 0 Å². The molecule has 0 aliphatic carbocycles. The second-order valence-corrected chi connectivity index (χ2v) is 10.3. The molecular weight excluding hydrogens is 518 g/mol. The fourth-order valence-electron chi connectivity index (χ4n) is 3.59. The minimum Gasteiger partial charge on any atom is -0.462 e. The predicted octanol–water partition coefficient (Wildman–Crippen LogP) is 5.01. The van der Waals surface area contributed by atoms with Gasteiger partial charge in [-0.25, -0.2) is 18.4 Å². The molecule has 37 heavy (non-hydrogen) atoms. The van der Waals surface area contributed by atoms with Crippen LogP contribution in [0.25, 0.3) is 17.4 Å². The number of nitrogens with two attached hydrogens (primary N) is 1. The summed E-state index contributed by atoms with van der Waals surface area (Å²) in [5, 5.41) is 10.9. The standard InChI is InChI=1S/C26H24ClN3O6S/c1-3-4-13-35-26(32)22-14-17(5-11-23(22)27)24-12-8-19(36-24)15-21-16(2)29-30(25(21)31)18-6-9-20(10-7-18)37(28,33)34/h5-12,14-15H,3-4,13H2,1-2H3,(H2,28,33,34)/b21-15-. The minimum atomic E-state index is -3.85. The number of primary sulfonamides is 1. The van der Waals surface area contributed by atoms with E-state index in [1.165, 1.54) is 29.3 Å². The Labute approximate surface area is 219 Å². The first-order chi connectivity index (χ1) is 17.6. The number of amides is 1. The molecule has 2 N–H and O–H groups in total. The van der Waals surface area contributed by atoms with Crippen molar-refractivity contribution in [2.45, 2.75) is 31.6 Å². The fraction of sp³-hybridized carbons (Fsp3) is 0.192. The van der Waals surface area contributed by atoms with Gasteiger partial charge in [0.05, 0.1) is 39.1 Å². The number of hydrogen-bond acceptors (Lipinski definition) is 7. The van der Waals surface area contributed by atoms with Crippen LogP contribution in [0.2, 0.25) is 5.02 Å². The van der Waals surface area contributed by atoms with Crippen LogP contribution < -0.4 is 10.1 Å². The zero-order valence-corrected chi connectivity index (χ0v) is 21.7. The number of hydrazone groups is 1. The van der Waals surface area contributed by atoms with E-state index in [1.54, 1.807) is 43.3 Å². The lowest BCUT2D eigenvalue weighted by Crippen LogP contribution is -2.21. The van der Waals surface area contributed by atoms with Gasteiger partial charge < -0.3 is 9.15 Å². The van der Waals surface area contributed by atoms with Crippen molar-refractivity contribution >= 4 is 51.0 Å². The Morgan fingerprint density at radius 2 is 1.89 bits per heavy atom. The van der Waals surface area contributed by atoms with Crippen molar-refractivity contribution in [3.63, 3.8) is 0 Å². The summed E-state index contributed by atoms with van der Waals surface area (Å²) in [6, 6.07) is 13.9. The number of anilines is 1. The van der Waals surface area contributed by atoms with E-state index in [9.17, 15) is 18.0 Å². The van der Waals surface area contributed by atoms with E-state index in [-0.39, 0.29) is 15.5 Å². The number of carbonyl (C=O) groups is 2. The van der Waals surface area contributed by atoms with Crippen molar-refractivity contribution in [3.05, 3.63) is 76.5 Å². The van der Waals surface area contributed by atoms with E-state index in [2.05, 4.69) is 5.10 Å². The van der Waals surface area contributed by atoms with Gasteiger partial charge in [0.1, 0.15) is 11.5 Å². The van der Waals surface area contributed by atoms with E-state index >= 15 is 0 Å². The number of unbranched alkanes of at least 4 members (excludes halogenated alkanes) is 1. The Balaban J connectivity index is 1.55. The second kappa shape index (κ2) is 10.7. The van der Waals surface area contributed by atoms with Crippen LogP contribution in [0.3, 0.4) is 0 Å². The highest BCUT2D eigenvalue weighted by molar-refractivity contribution is 7.89. The van der Waals surface area contributed by atoms with Gasteiger partial charge in [-0.3, -0.25) is 4.79 Å². The maximum atomic E-state index is 13.0. The number of sulfonamides is 1. The van der Waals surface area contributed by atoms with Gasteiger partial charge in [0.15, 0.2) is 0 Å². The number of furan rings is 1. The van der Waals surface area contributed by atoms with Gasteiger partial charge >= 0.3 is 5.97 Å². The van der Waals surface area contributed by atoms with Crippen LogP contribution in [-0.4, -0.2) is 32.6 Å². The Bertz CT molecular complexity index is 1520. The second-order valence-electron chi connectivity index (χ2n) is 8.29. The summed E-state index contributed by atoms with van der Waals surface area (Å²) in [5.74, 6) is -0.0277. The summed E-state index contributed by atoms with van der Waals surface area (Å²) in [6.07, 6.45) is 3.24. The lowest BCUT2D eigenvalue weighted by molar-refractivity contribution is -0.114. The maximum Gasteiger partial charge on any atom is 0.339 e. The van der Waals surface area contributed by atoms with E-state index in [0.29, 0.717) is 40.7 Å². The van der Waals surface area contributed by atoms with Crippen LogP contribution in [0.4, 0.5) is 5.69 Å². The lowest BCUT2D eigenvalue weighted by Gasteiger charge is -2.12. The first kappa shape index (κ1) is 26.3. The van der Waals surface area contributed by atoms with Crippen molar-refractivity contribution in [2.75, 3.05) is 11.6 Å². The number of halogens is 1. The van der Waals surface area contributed by atoms with Crippen molar-refractivity contribution in [1.82, 2.24) is 0 Å². The van der Waals surface area contributed by atoms with Crippen LogP contribution in [0.15, 0.2) is 74.6 Å². The van der Waals surface area contributed by atoms with Crippen molar-refractivity contribution < 1.29 is 27.2 Å². The molecular formula is C26H24ClN3O6S. The molecule has 0 fully saturated rings. The molecule has 0 bridgehead atoms. The van der Waals surface area contributed by atoms with Gasteiger partial charge in [0.2, 0.25) is 10.0 Å². The van der Waals surface area contributed by atoms with Crippen molar-refractivity contribution in [1.29, 1.82) is 0 Å². The monoisotopic (exact) mass is 541 g/mol. The summed E-state index contributed by atoms with van der Waals surface area (Å²) in [7, 11) is -3.85. The topological polar surface area (TPSA) is 132 Å². The van der Waals surface area contributed by atoms with Crippen molar-refractivity contribution in [2.24, 2.45) is 10.2 Å². The zero-order chi connectivity index (χ0) is 26.7. The maximum absolute atomic E-state index is 13.0. The number of ether oxygens (including phenoxy) is 1. The van der Waals surface area contributed by atoms with Gasteiger partial charge in [-0.15, -0.1) is 0 Å². The molecule has 0 saturated heterocycles. The van der Waals surface area contributed by atoms with Crippen LogP contribution >= 0.6 is 11.6 Å². The Morgan fingerprint density at radius 1 is 1.16 bits per heavy atom. The van der Waals surface area contributed by atoms with Gasteiger partial charge in [0, 0.05) is 5.56 Å². The highest BCUT2D eigenvalue weighted by Gasteiger charge is 2.29. The van der Waals surface area contributed by atoms with Gasteiger partial charge in [-0.2, -0.15) is 10.1 Å². The predicted molar refractivity (Wildman–Crippen MR) is 141 cm³/mol. The SMILES string of the molecule is CCCCOC(=O)c1cc(-c2ccc(/C=C3\C(=O)N(c4ccc(S(N)(=O)=O)cc4)N=C3C)o2)ccc1Cl. The summed E-state index contributed by atoms with van der Waals surface area (Å²) < 4.78 is 34.2. The Kier molecular flexibility index (Phi) is 7.63. The molecule has 0 atom stereocenters. The Hall–Kier alpha value is -3.73. The highest BCUT2D eigenvalue weighted by atomic mass is 35.5. The van der Waals surface area contributed by atoms with E-state index in [4.69, 9.17) is 25.9 Å². The molecule has 0 saturated carbocycles. The number of rotatable bonds is 8. The summed E-state index contributed by atoms with van der Waals surface area (Å²) >= 11 is 6.20. The molecule has 0 unspecified atom stereocenters. The molecule has 2 heterocycles. The Morgan fingerprint density at radius 3 is 2.57 bits per heavy atom. The fourth-order valence-corrected chi connectivity index (χ4v) is 4.30. The van der Waals surface area contributed by atoms with Crippen LogP contribution in [0.1, 0.15) is 42.8 Å². The molecule has 1 aromatic heterocycles. The van der Waals surface area contributed by atoms with E-state index in [0.717, 1.165) is 12.8 Å². The number of hydrogen-bond donors (Lipinski definition) is 1. The van der Waals surface area contributed by atoms with Crippen molar-refractivity contribution in [3.8, 4) is 11.3 Å².